The second kappa shape index (κ2) is 6.72. The Morgan fingerprint density at radius 1 is 1.04 bits per heavy atom. The van der Waals surface area contributed by atoms with Crippen LogP contribution in [0.5, 0.6) is 5.88 Å². The molecule has 6 heteroatoms. The summed E-state index contributed by atoms with van der Waals surface area (Å²) in [5, 5.41) is 19.7. The highest BCUT2D eigenvalue weighted by molar-refractivity contribution is 6.00. The zero-order valence-electron chi connectivity index (χ0n) is 13.0. The van der Waals surface area contributed by atoms with Crippen LogP contribution in [0, 0.1) is 11.3 Å². The number of nitrogens with zero attached hydrogens (tertiary/aromatic N) is 2. The fourth-order valence-electron chi connectivity index (χ4n) is 2.42. The van der Waals surface area contributed by atoms with Crippen molar-refractivity contribution in [2.45, 2.75) is 0 Å². The van der Waals surface area contributed by atoms with Gasteiger partial charge in [0.25, 0.3) is 11.5 Å². The van der Waals surface area contributed by atoms with Crippen molar-refractivity contribution in [2.75, 3.05) is 5.43 Å². The lowest BCUT2D eigenvalue weighted by Crippen LogP contribution is -2.33. The van der Waals surface area contributed by atoms with Crippen LogP contribution in [0.25, 0.3) is 11.1 Å². The maximum absolute atomic E-state index is 12.3. The van der Waals surface area contributed by atoms with E-state index in [9.17, 15) is 20.0 Å². The highest BCUT2D eigenvalue weighted by Gasteiger charge is 2.18. The van der Waals surface area contributed by atoms with E-state index in [0.29, 0.717) is 21.4 Å². The fourth-order valence-corrected chi connectivity index (χ4v) is 2.42. The van der Waals surface area contributed by atoms with E-state index in [2.05, 4.69) is 5.43 Å². The summed E-state index contributed by atoms with van der Waals surface area (Å²) in [6.07, 6.45) is 0. The van der Waals surface area contributed by atoms with Gasteiger partial charge in [0, 0.05) is 17.2 Å². The van der Waals surface area contributed by atoms with Crippen molar-refractivity contribution in [1.82, 2.24) is 4.68 Å². The van der Waals surface area contributed by atoms with Crippen LogP contribution in [-0.4, -0.2) is 15.7 Å². The number of rotatable bonds is 3. The highest BCUT2D eigenvalue weighted by Crippen LogP contribution is 2.27. The Labute approximate surface area is 143 Å². The average molecular weight is 331 g/mol. The molecule has 25 heavy (non-hydrogen) atoms. The van der Waals surface area contributed by atoms with E-state index in [-0.39, 0.29) is 5.56 Å². The van der Waals surface area contributed by atoms with E-state index in [1.54, 1.807) is 60.7 Å². The van der Waals surface area contributed by atoms with Crippen LogP contribution < -0.4 is 11.0 Å². The van der Waals surface area contributed by atoms with Gasteiger partial charge in [-0.1, -0.05) is 48.5 Å². The standard InChI is InChI=1S/C19H13N3O3/c20-12-16-15(13-7-3-1-4-8-13)11-17(23)22(19(16)25)21-18(24)14-9-5-2-6-10-14/h1-11,25H,(H,21,24). The van der Waals surface area contributed by atoms with Gasteiger partial charge in [0.15, 0.2) is 0 Å². The number of nitrogens with one attached hydrogen (secondary N) is 1. The molecule has 122 valence electrons. The molecule has 0 saturated heterocycles. The molecular weight excluding hydrogens is 318 g/mol. The van der Waals surface area contributed by atoms with E-state index in [1.165, 1.54) is 6.07 Å². The third kappa shape index (κ3) is 3.12. The second-order valence-electron chi connectivity index (χ2n) is 5.22. The Bertz CT molecular complexity index is 1020. The smallest absolute Gasteiger partial charge is 0.273 e. The van der Waals surface area contributed by atoms with Crippen molar-refractivity contribution in [3.63, 3.8) is 0 Å². The molecule has 0 radical (unpaired) electrons. The summed E-state index contributed by atoms with van der Waals surface area (Å²) in [7, 11) is 0. The molecule has 1 aromatic heterocycles. The third-order valence-electron chi connectivity index (χ3n) is 3.64. The minimum atomic E-state index is -0.653. The number of carbonyl (C=O) groups excluding carboxylic acids is 1. The summed E-state index contributed by atoms with van der Waals surface area (Å²) >= 11 is 0. The molecule has 1 amide bonds. The molecule has 0 unspecified atom stereocenters. The van der Waals surface area contributed by atoms with Crippen LogP contribution in [0.2, 0.25) is 0 Å². The van der Waals surface area contributed by atoms with E-state index in [4.69, 9.17) is 0 Å². The topological polar surface area (TPSA) is 95.1 Å². The molecular formula is C19H13N3O3. The molecule has 1 heterocycles. The molecule has 0 aliphatic carbocycles. The first-order valence-electron chi connectivity index (χ1n) is 7.42. The quantitative estimate of drug-likeness (QED) is 0.771. The Balaban J connectivity index is 2.07. The van der Waals surface area contributed by atoms with Crippen molar-refractivity contribution in [2.24, 2.45) is 0 Å². The highest BCUT2D eigenvalue weighted by atomic mass is 16.3. The zero-order chi connectivity index (χ0) is 17.8. The summed E-state index contributed by atoms with van der Waals surface area (Å²) in [6, 6.07) is 20.1. The Morgan fingerprint density at radius 2 is 1.64 bits per heavy atom. The number of pyridine rings is 1. The average Bonchev–Trinajstić information content (AvgIpc) is 2.66. The number of hydrogen-bond donors (Lipinski definition) is 2. The molecule has 0 aliphatic heterocycles. The Hall–Kier alpha value is -3.85. The van der Waals surface area contributed by atoms with Crippen molar-refractivity contribution in [1.29, 1.82) is 5.26 Å². The molecule has 0 fully saturated rings. The van der Waals surface area contributed by atoms with Gasteiger partial charge in [0.1, 0.15) is 11.6 Å². The molecule has 0 spiro atoms. The SMILES string of the molecule is N#Cc1c(-c2ccccc2)cc(=O)n(NC(=O)c2ccccc2)c1O. The maximum Gasteiger partial charge on any atom is 0.273 e. The number of carbonyl (C=O) groups is 1. The monoisotopic (exact) mass is 331 g/mol. The summed E-state index contributed by atoms with van der Waals surface area (Å²) in [5.41, 5.74) is 2.80. The molecule has 3 rings (SSSR count). The number of aromatic hydroxyl groups is 1. The van der Waals surface area contributed by atoms with Crippen LogP contribution in [0.3, 0.4) is 0 Å². The fraction of sp³-hybridized carbons (Fsp3) is 0. The second-order valence-corrected chi connectivity index (χ2v) is 5.22. The van der Waals surface area contributed by atoms with Gasteiger partial charge in [-0.3, -0.25) is 15.0 Å². The van der Waals surface area contributed by atoms with Crippen LogP contribution in [-0.2, 0) is 0 Å². The first-order valence-corrected chi connectivity index (χ1v) is 7.42. The summed E-state index contributed by atoms with van der Waals surface area (Å²) < 4.78 is 0.667. The molecule has 0 bridgehead atoms. The lowest BCUT2D eigenvalue weighted by molar-refractivity contribution is 0.100. The Kier molecular flexibility index (Phi) is 4.31. The van der Waals surface area contributed by atoms with E-state index in [1.807, 2.05) is 6.07 Å². The largest absolute Gasteiger partial charge is 0.492 e. The molecule has 3 aromatic rings. The van der Waals surface area contributed by atoms with Gasteiger partial charge in [-0.05, 0) is 17.7 Å². The summed E-state index contributed by atoms with van der Waals surface area (Å²) in [6.45, 7) is 0. The molecule has 0 atom stereocenters. The van der Waals surface area contributed by atoms with Crippen molar-refractivity contribution >= 4 is 5.91 Å². The lowest BCUT2D eigenvalue weighted by atomic mass is 10.0. The number of hydrogen-bond acceptors (Lipinski definition) is 4. The lowest BCUT2D eigenvalue weighted by Gasteiger charge is -2.13. The van der Waals surface area contributed by atoms with Gasteiger partial charge in [-0.25, -0.2) is 0 Å². The normalized spacial score (nSPS) is 10.0. The number of nitriles is 1. The van der Waals surface area contributed by atoms with Crippen LogP contribution in [0.1, 0.15) is 15.9 Å². The Morgan fingerprint density at radius 3 is 2.24 bits per heavy atom. The van der Waals surface area contributed by atoms with Gasteiger partial charge in [0.05, 0.1) is 0 Å². The first-order chi connectivity index (χ1) is 12.1. The third-order valence-corrected chi connectivity index (χ3v) is 3.64. The van der Waals surface area contributed by atoms with Crippen LogP contribution >= 0.6 is 0 Å². The maximum atomic E-state index is 12.3. The van der Waals surface area contributed by atoms with Gasteiger partial charge >= 0.3 is 0 Å². The predicted molar refractivity (Wildman–Crippen MR) is 92.7 cm³/mol. The van der Waals surface area contributed by atoms with Gasteiger partial charge in [0.2, 0.25) is 5.88 Å². The van der Waals surface area contributed by atoms with Crippen molar-refractivity contribution < 1.29 is 9.90 Å². The van der Waals surface area contributed by atoms with E-state index >= 15 is 0 Å². The molecule has 0 saturated carbocycles. The minimum Gasteiger partial charge on any atom is -0.492 e. The number of amides is 1. The minimum absolute atomic E-state index is 0.0980. The molecule has 0 aliphatic rings. The zero-order valence-corrected chi connectivity index (χ0v) is 13.0. The summed E-state index contributed by atoms with van der Waals surface area (Å²) in [4.78, 5) is 24.6. The molecule has 2 aromatic carbocycles. The van der Waals surface area contributed by atoms with Gasteiger partial charge in [-0.2, -0.15) is 9.94 Å². The predicted octanol–water partition coefficient (Wildman–Crippen LogP) is 2.48. The van der Waals surface area contributed by atoms with Crippen LogP contribution in [0.4, 0.5) is 0 Å². The van der Waals surface area contributed by atoms with Crippen LogP contribution in [0.15, 0.2) is 71.5 Å². The van der Waals surface area contributed by atoms with E-state index < -0.39 is 17.3 Å². The van der Waals surface area contributed by atoms with E-state index in [0.717, 1.165) is 0 Å². The molecule has 2 N–H and O–H groups in total. The number of benzene rings is 2. The van der Waals surface area contributed by atoms with Crippen molar-refractivity contribution in [3.05, 3.63) is 88.2 Å². The first kappa shape index (κ1) is 16.0. The van der Waals surface area contributed by atoms with Gasteiger partial charge < -0.3 is 5.11 Å². The van der Waals surface area contributed by atoms with Gasteiger partial charge in [-0.15, -0.1) is 0 Å². The molecule has 6 nitrogen and oxygen atoms in total. The summed E-state index contributed by atoms with van der Waals surface area (Å²) in [5.74, 6) is -1.19. The number of aromatic nitrogens is 1. The van der Waals surface area contributed by atoms with Crippen molar-refractivity contribution in [3.8, 4) is 23.1 Å².